The van der Waals surface area contributed by atoms with Crippen molar-refractivity contribution in [1.29, 1.82) is 0 Å². The fourth-order valence-electron chi connectivity index (χ4n) is 4.25. The Morgan fingerprint density at radius 1 is 1.15 bits per heavy atom. The van der Waals surface area contributed by atoms with Crippen molar-refractivity contribution in [2.75, 3.05) is 39.4 Å². The molecule has 39 heavy (non-hydrogen) atoms. The molecule has 1 fully saturated rings. The lowest BCUT2D eigenvalue weighted by Gasteiger charge is -2.26. The number of ether oxygens (including phenoxy) is 1. The molecule has 0 saturated carbocycles. The highest BCUT2D eigenvalue weighted by Gasteiger charge is 2.20. The molecule has 0 bridgehead atoms. The van der Waals surface area contributed by atoms with Crippen LogP contribution in [0.2, 0.25) is 10.0 Å². The van der Waals surface area contributed by atoms with Crippen molar-refractivity contribution in [2.45, 2.75) is 24.3 Å². The zero-order valence-electron chi connectivity index (χ0n) is 21.4. The highest BCUT2D eigenvalue weighted by atomic mass is 35.5. The van der Waals surface area contributed by atoms with Gasteiger partial charge in [0.05, 0.1) is 29.7 Å². The first-order chi connectivity index (χ1) is 19.0. The number of aromatic nitrogens is 4. The second-order valence-corrected chi connectivity index (χ2v) is 11.8. The number of rotatable bonds is 10. The topological polar surface area (TPSA) is 85.2 Å². The lowest BCUT2D eigenvalue weighted by molar-refractivity contribution is 0.0374. The van der Waals surface area contributed by atoms with E-state index in [1.165, 1.54) is 23.1 Å². The van der Waals surface area contributed by atoms with Crippen molar-refractivity contribution in [2.24, 2.45) is 0 Å². The largest absolute Gasteiger partial charge is 0.379 e. The number of nitrogens with one attached hydrogen (secondary N) is 1. The summed E-state index contributed by atoms with van der Waals surface area (Å²) in [6, 6.07) is 13.3. The van der Waals surface area contributed by atoms with Crippen LogP contribution < -0.4 is 5.32 Å². The van der Waals surface area contributed by atoms with Crippen molar-refractivity contribution in [3.63, 3.8) is 0 Å². The van der Waals surface area contributed by atoms with E-state index in [-0.39, 0.29) is 5.91 Å². The molecule has 8 nitrogen and oxygen atoms in total. The minimum Gasteiger partial charge on any atom is -0.379 e. The standard InChI is InChI=1S/C27H28Cl2N6O2S2/c1-18-7-8-19(28)15-23(18)35-25(20-5-2-3-6-21(20)29)32-33-27(35)39-17-24-31-22(16-38-24)26(36)30-9-4-10-34-11-13-37-14-12-34/h2-3,5-8,15-16H,4,9-14,17H2,1H3,(H,30,36). The first kappa shape index (κ1) is 28.1. The summed E-state index contributed by atoms with van der Waals surface area (Å²) < 4.78 is 7.35. The van der Waals surface area contributed by atoms with Crippen LogP contribution in [0.15, 0.2) is 53.0 Å². The van der Waals surface area contributed by atoms with Crippen LogP contribution in [0.25, 0.3) is 17.1 Å². The molecule has 1 aliphatic heterocycles. The number of benzene rings is 2. The van der Waals surface area contributed by atoms with Gasteiger partial charge in [-0.1, -0.05) is 53.2 Å². The second-order valence-electron chi connectivity index (χ2n) is 9.03. The Hall–Kier alpha value is -2.47. The van der Waals surface area contributed by atoms with Crippen molar-refractivity contribution in [3.8, 4) is 17.1 Å². The lowest BCUT2D eigenvalue weighted by atomic mass is 10.1. The number of amides is 1. The van der Waals surface area contributed by atoms with E-state index in [0.29, 0.717) is 39.0 Å². The van der Waals surface area contributed by atoms with Gasteiger partial charge in [0.2, 0.25) is 0 Å². The molecule has 0 radical (unpaired) electrons. The van der Waals surface area contributed by atoms with E-state index in [2.05, 4.69) is 25.4 Å². The van der Waals surface area contributed by atoms with E-state index in [9.17, 15) is 4.79 Å². The summed E-state index contributed by atoms with van der Waals surface area (Å²) in [7, 11) is 0. The van der Waals surface area contributed by atoms with Gasteiger partial charge in [-0.05, 0) is 49.7 Å². The molecule has 4 aromatic rings. The van der Waals surface area contributed by atoms with Crippen molar-refractivity contribution < 1.29 is 9.53 Å². The predicted molar refractivity (Wildman–Crippen MR) is 157 cm³/mol. The average molecular weight is 604 g/mol. The van der Waals surface area contributed by atoms with Crippen LogP contribution in [0.4, 0.5) is 0 Å². The number of morpholine rings is 1. The monoisotopic (exact) mass is 602 g/mol. The Morgan fingerprint density at radius 2 is 1.97 bits per heavy atom. The molecular formula is C27H28Cl2N6O2S2. The van der Waals surface area contributed by atoms with Crippen LogP contribution in [0.1, 0.15) is 27.5 Å². The molecule has 0 spiro atoms. The summed E-state index contributed by atoms with van der Waals surface area (Å²) in [5, 5.41) is 16.5. The molecule has 204 valence electrons. The Labute approximate surface area is 245 Å². The number of carbonyl (C=O) groups is 1. The first-order valence-corrected chi connectivity index (χ1v) is 15.2. The third-order valence-electron chi connectivity index (χ3n) is 6.31. The third-order valence-corrected chi connectivity index (χ3v) is 8.85. The van der Waals surface area contributed by atoms with Gasteiger partial charge in [0.25, 0.3) is 5.91 Å². The maximum absolute atomic E-state index is 12.6. The average Bonchev–Trinajstić information content (AvgIpc) is 3.59. The number of carbonyl (C=O) groups excluding carboxylic acids is 1. The van der Waals surface area contributed by atoms with Crippen LogP contribution in [0.3, 0.4) is 0 Å². The van der Waals surface area contributed by atoms with Gasteiger partial charge in [0.1, 0.15) is 10.7 Å². The molecule has 0 unspecified atom stereocenters. The van der Waals surface area contributed by atoms with Gasteiger partial charge in [0.15, 0.2) is 11.0 Å². The zero-order chi connectivity index (χ0) is 27.2. The van der Waals surface area contributed by atoms with Crippen molar-refractivity contribution in [3.05, 3.63) is 74.2 Å². The molecule has 1 aliphatic rings. The number of aryl methyl sites for hydroxylation is 1. The highest BCUT2D eigenvalue weighted by Crippen LogP contribution is 2.35. The Morgan fingerprint density at radius 3 is 2.79 bits per heavy atom. The molecular weight excluding hydrogens is 575 g/mol. The van der Waals surface area contributed by atoms with Crippen molar-refractivity contribution in [1.82, 2.24) is 30.0 Å². The second kappa shape index (κ2) is 13.3. The minimum absolute atomic E-state index is 0.150. The molecule has 1 N–H and O–H groups in total. The fraction of sp³-hybridized carbons (Fsp3) is 0.333. The Kier molecular flexibility index (Phi) is 9.54. The normalized spacial score (nSPS) is 14.0. The summed E-state index contributed by atoms with van der Waals surface area (Å²) in [5.41, 5.74) is 3.11. The number of nitrogens with zero attached hydrogens (tertiary/aromatic N) is 5. The van der Waals surface area contributed by atoms with E-state index in [1.54, 1.807) is 5.38 Å². The van der Waals surface area contributed by atoms with Gasteiger partial charge < -0.3 is 10.1 Å². The van der Waals surface area contributed by atoms with Crippen molar-refractivity contribution >= 4 is 52.2 Å². The van der Waals surface area contributed by atoms with E-state index in [4.69, 9.17) is 27.9 Å². The van der Waals surface area contributed by atoms with Gasteiger partial charge in [-0.3, -0.25) is 14.3 Å². The van der Waals surface area contributed by atoms with E-state index >= 15 is 0 Å². The van der Waals surface area contributed by atoms with Crippen LogP contribution in [0.5, 0.6) is 0 Å². The number of thiazole rings is 1. The molecule has 1 amide bonds. The minimum atomic E-state index is -0.150. The number of halogens is 2. The summed E-state index contributed by atoms with van der Waals surface area (Å²) in [4.78, 5) is 19.5. The summed E-state index contributed by atoms with van der Waals surface area (Å²) in [6.07, 6.45) is 0.894. The molecule has 2 aromatic carbocycles. The number of hydrogen-bond donors (Lipinski definition) is 1. The predicted octanol–water partition coefficient (Wildman–Crippen LogP) is 5.75. The molecule has 2 aromatic heterocycles. The lowest BCUT2D eigenvalue weighted by Crippen LogP contribution is -2.38. The Balaban J connectivity index is 1.27. The van der Waals surface area contributed by atoms with Gasteiger partial charge in [-0.15, -0.1) is 21.5 Å². The maximum atomic E-state index is 12.6. The molecule has 5 rings (SSSR count). The summed E-state index contributed by atoms with van der Waals surface area (Å²) >= 11 is 15.8. The third kappa shape index (κ3) is 7.00. The maximum Gasteiger partial charge on any atom is 0.270 e. The SMILES string of the molecule is Cc1ccc(Cl)cc1-n1c(SCc2nc(C(=O)NCCCN3CCOCC3)cs2)nnc1-c1ccccc1Cl. The van der Waals surface area contributed by atoms with Gasteiger partial charge >= 0.3 is 0 Å². The Bertz CT molecular complexity index is 1440. The van der Waals surface area contributed by atoms with Gasteiger partial charge in [0, 0.05) is 35.6 Å². The fourth-order valence-corrected chi connectivity index (χ4v) is 6.37. The van der Waals surface area contributed by atoms with Crippen LogP contribution >= 0.6 is 46.3 Å². The smallest absolute Gasteiger partial charge is 0.270 e. The van der Waals surface area contributed by atoms with Crippen LogP contribution in [0, 0.1) is 6.92 Å². The van der Waals surface area contributed by atoms with E-state index in [0.717, 1.165) is 61.1 Å². The zero-order valence-corrected chi connectivity index (χ0v) is 24.5. The van der Waals surface area contributed by atoms with E-state index < -0.39 is 0 Å². The van der Waals surface area contributed by atoms with Crippen LogP contribution in [-0.2, 0) is 10.5 Å². The highest BCUT2D eigenvalue weighted by molar-refractivity contribution is 7.98. The molecule has 1 saturated heterocycles. The number of thioether (sulfide) groups is 1. The molecule has 3 heterocycles. The van der Waals surface area contributed by atoms with Crippen LogP contribution in [-0.4, -0.2) is 69.9 Å². The number of hydrogen-bond acceptors (Lipinski definition) is 8. The first-order valence-electron chi connectivity index (χ1n) is 12.6. The van der Waals surface area contributed by atoms with Gasteiger partial charge in [-0.25, -0.2) is 4.98 Å². The summed E-state index contributed by atoms with van der Waals surface area (Å²) in [6.45, 7) is 7.04. The molecule has 0 aliphatic carbocycles. The molecule has 12 heteroatoms. The van der Waals surface area contributed by atoms with E-state index in [1.807, 2.05) is 54.0 Å². The molecule has 0 atom stereocenters. The summed E-state index contributed by atoms with van der Waals surface area (Å²) in [5.74, 6) is 1.02. The van der Waals surface area contributed by atoms with Gasteiger partial charge in [-0.2, -0.15) is 0 Å². The quantitative estimate of drug-likeness (QED) is 0.183.